The van der Waals surface area contributed by atoms with Gasteiger partial charge in [-0.25, -0.2) is 0 Å². The Kier molecular flexibility index (Phi) is 6.94. The molecule has 7 heteroatoms. The highest BCUT2D eigenvalue weighted by atomic mass is 16.2. The van der Waals surface area contributed by atoms with Gasteiger partial charge in [0.25, 0.3) is 11.8 Å². The van der Waals surface area contributed by atoms with Gasteiger partial charge in [0.1, 0.15) is 0 Å². The highest BCUT2D eigenvalue weighted by molar-refractivity contribution is 6.08. The van der Waals surface area contributed by atoms with Gasteiger partial charge in [-0.3, -0.25) is 9.59 Å². The number of anilines is 1. The molecule has 26 heavy (non-hydrogen) atoms. The lowest BCUT2D eigenvalue weighted by atomic mass is 10.1. The number of fused-ring (bicyclic) bond motifs is 1. The number of hydrogen-bond donors (Lipinski definition) is 5. The first-order valence-corrected chi connectivity index (χ1v) is 8.82. The molecule has 7 N–H and O–H groups in total. The van der Waals surface area contributed by atoms with E-state index < -0.39 is 30.2 Å². The van der Waals surface area contributed by atoms with E-state index in [0.29, 0.717) is 18.5 Å². The molecule has 0 heterocycles. The summed E-state index contributed by atoms with van der Waals surface area (Å²) in [5.74, 6) is -0.985. The SMILES string of the molecule is CCC(N)NC(=O)C(Nc1cccc2ccccc12)C(=O)NC(N)CC. The summed E-state index contributed by atoms with van der Waals surface area (Å²) in [5, 5.41) is 10.3. The van der Waals surface area contributed by atoms with Crippen LogP contribution in [0.15, 0.2) is 42.5 Å². The summed E-state index contributed by atoms with van der Waals surface area (Å²) in [5.41, 5.74) is 12.3. The van der Waals surface area contributed by atoms with Crippen molar-refractivity contribution in [2.75, 3.05) is 5.32 Å². The van der Waals surface area contributed by atoms with E-state index in [-0.39, 0.29) is 0 Å². The summed E-state index contributed by atoms with van der Waals surface area (Å²) in [7, 11) is 0. The largest absolute Gasteiger partial charge is 0.366 e. The summed E-state index contributed by atoms with van der Waals surface area (Å²) in [6.45, 7) is 3.70. The highest BCUT2D eigenvalue weighted by Gasteiger charge is 2.28. The molecule has 0 aliphatic heterocycles. The molecule has 2 amide bonds. The average molecular weight is 357 g/mol. The van der Waals surface area contributed by atoms with Crippen LogP contribution in [0.5, 0.6) is 0 Å². The maximum absolute atomic E-state index is 12.6. The van der Waals surface area contributed by atoms with Gasteiger partial charge in [-0.05, 0) is 24.3 Å². The lowest BCUT2D eigenvalue weighted by Gasteiger charge is -2.23. The highest BCUT2D eigenvalue weighted by Crippen LogP contribution is 2.23. The van der Waals surface area contributed by atoms with Gasteiger partial charge in [0.15, 0.2) is 6.04 Å². The molecule has 0 bridgehead atoms. The third-order valence-corrected chi connectivity index (χ3v) is 4.15. The molecule has 0 saturated heterocycles. The molecule has 2 aromatic rings. The first kappa shape index (κ1) is 19.7. The number of carbonyl (C=O) groups is 2. The summed E-state index contributed by atoms with van der Waals surface area (Å²) < 4.78 is 0. The standard InChI is InChI=1S/C19H27N5O2/c1-3-15(20)23-18(25)17(19(26)24-16(21)4-2)22-14-11-7-9-12-8-5-6-10-13(12)14/h5-11,15-17,22H,3-4,20-21H2,1-2H3,(H,23,25)(H,24,26). The van der Waals surface area contributed by atoms with Gasteiger partial charge in [0, 0.05) is 11.1 Å². The monoisotopic (exact) mass is 357 g/mol. The van der Waals surface area contributed by atoms with Gasteiger partial charge in [0.05, 0.1) is 12.3 Å². The second-order valence-electron chi connectivity index (χ2n) is 6.15. The number of rotatable bonds is 8. The Morgan fingerprint density at radius 3 is 2.00 bits per heavy atom. The Bertz CT molecular complexity index is 735. The van der Waals surface area contributed by atoms with Crippen LogP contribution in [0.3, 0.4) is 0 Å². The van der Waals surface area contributed by atoms with E-state index in [0.717, 1.165) is 10.8 Å². The van der Waals surface area contributed by atoms with Crippen LogP contribution in [-0.2, 0) is 9.59 Å². The van der Waals surface area contributed by atoms with Gasteiger partial charge >= 0.3 is 0 Å². The van der Waals surface area contributed by atoms with Gasteiger partial charge < -0.3 is 27.4 Å². The van der Waals surface area contributed by atoms with E-state index in [4.69, 9.17) is 11.5 Å². The summed E-state index contributed by atoms with van der Waals surface area (Å²) in [4.78, 5) is 25.2. The third kappa shape index (κ3) is 4.93. The van der Waals surface area contributed by atoms with E-state index in [1.54, 1.807) is 0 Å². The van der Waals surface area contributed by atoms with Crippen LogP contribution < -0.4 is 27.4 Å². The zero-order chi connectivity index (χ0) is 19.1. The Hall–Kier alpha value is -2.64. The Balaban J connectivity index is 2.30. The van der Waals surface area contributed by atoms with Crippen molar-refractivity contribution in [3.8, 4) is 0 Å². The van der Waals surface area contributed by atoms with Gasteiger partial charge in [-0.1, -0.05) is 50.2 Å². The molecule has 2 unspecified atom stereocenters. The zero-order valence-electron chi connectivity index (χ0n) is 15.2. The molecule has 0 aliphatic carbocycles. The van der Waals surface area contributed by atoms with Crippen molar-refractivity contribution in [2.24, 2.45) is 11.5 Å². The molecule has 0 radical (unpaired) electrons. The van der Waals surface area contributed by atoms with Gasteiger partial charge in [-0.2, -0.15) is 0 Å². The predicted molar refractivity (Wildman–Crippen MR) is 104 cm³/mol. The molecule has 0 spiro atoms. The Morgan fingerprint density at radius 1 is 0.885 bits per heavy atom. The first-order chi connectivity index (χ1) is 12.5. The molecule has 0 fully saturated rings. The third-order valence-electron chi connectivity index (χ3n) is 4.15. The van der Waals surface area contributed by atoms with Crippen molar-refractivity contribution in [2.45, 2.75) is 45.1 Å². The predicted octanol–water partition coefficient (Wildman–Crippen LogP) is 1.24. The van der Waals surface area contributed by atoms with Gasteiger partial charge in [-0.15, -0.1) is 0 Å². The van der Waals surface area contributed by atoms with Crippen molar-refractivity contribution >= 4 is 28.3 Å². The van der Waals surface area contributed by atoms with E-state index in [2.05, 4.69) is 16.0 Å². The Morgan fingerprint density at radius 2 is 1.42 bits per heavy atom. The van der Waals surface area contributed by atoms with Crippen LogP contribution in [0.1, 0.15) is 26.7 Å². The van der Waals surface area contributed by atoms with Crippen molar-refractivity contribution in [3.63, 3.8) is 0 Å². The fourth-order valence-electron chi connectivity index (χ4n) is 2.49. The summed E-state index contributed by atoms with van der Waals surface area (Å²) in [6, 6.07) is 12.3. The van der Waals surface area contributed by atoms with Crippen molar-refractivity contribution in [1.82, 2.24) is 10.6 Å². The molecule has 0 aliphatic rings. The second kappa shape index (κ2) is 9.17. The normalized spacial score (nSPS) is 14.3. The van der Waals surface area contributed by atoms with E-state index in [1.165, 1.54) is 0 Å². The van der Waals surface area contributed by atoms with Crippen LogP contribution in [0.4, 0.5) is 5.69 Å². The van der Waals surface area contributed by atoms with Crippen molar-refractivity contribution < 1.29 is 9.59 Å². The van der Waals surface area contributed by atoms with E-state index in [9.17, 15) is 9.59 Å². The number of amides is 2. The topological polar surface area (TPSA) is 122 Å². The fourth-order valence-corrected chi connectivity index (χ4v) is 2.49. The molecule has 2 rings (SSSR count). The zero-order valence-corrected chi connectivity index (χ0v) is 15.2. The molecular formula is C19H27N5O2. The molecule has 2 atom stereocenters. The number of nitrogens with two attached hydrogens (primary N) is 2. The Labute approximate surface area is 153 Å². The minimum absolute atomic E-state index is 0.493. The quantitative estimate of drug-likeness (QED) is 0.359. The minimum atomic E-state index is -1.14. The number of carbonyl (C=O) groups excluding carboxylic acids is 2. The molecule has 7 nitrogen and oxygen atoms in total. The maximum Gasteiger partial charge on any atom is 0.253 e. The van der Waals surface area contributed by atoms with Crippen LogP contribution in [0.2, 0.25) is 0 Å². The fraction of sp³-hybridized carbons (Fsp3) is 0.368. The van der Waals surface area contributed by atoms with E-state index >= 15 is 0 Å². The minimum Gasteiger partial charge on any atom is -0.366 e. The van der Waals surface area contributed by atoms with E-state index in [1.807, 2.05) is 56.3 Å². The number of nitrogens with one attached hydrogen (secondary N) is 3. The molecule has 2 aromatic carbocycles. The van der Waals surface area contributed by atoms with Crippen LogP contribution in [0.25, 0.3) is 10.8 Å². The summed E-state index contributed by atoms with van der Waals surface area (Å²) >= 11 is 0. The molecule has 0 saturated carbocycles. The van der Waals surface area contributed by atoms with Crippen LogP contribution in [-0.4, -0.2) is 30.2 Å². The first-order valence-electron chi connectivity index (χ1n) is 8.82. The molecule has 0 aromatic heterocycles. The molecular weight excluding hydrogens is 330 g/mol. The average Bonchev–Trinajstić information content (AvgIpc) is 2.65. The van der Waals surface area contributed by atoms with Crippen LogP contribution >= 0.6 is 0 Å². The van der Waals surface area contributed by atoms with Gasteiger partial charge in [0.2, 0.25) is 0 Å². The smallest absolute Gasteiger partial charge is 0.253 e. The van der Waals surface area contributed by atoms with Crippen molar-refractivity contribution in [3.05, 3.63) is 42.5 Å². The lowest BCUT2D eigenvalue weighted by Crippen LogP contribution is -2.56. The molecule has 140 valence electrons. The van der Waals surface area contributed by atoms with Crippen LogP contribution in [0, 0.1) is 0 Å². The number of benzene rings is 2. The maximum atomic E-state index is 12.6. The van der Waals surface area contributed by atoms with Crippen molar-refractivity contribution in [1.29, 1.82) is 0 Å². The number of hydrogen-bond acceptors (Lipinski definition) is 5. The lowest BCUT2D eigenvalue weighted by molar-refractivity contribution is -0.131. The summed E-state index contributed by atoms with van der Waals surface area (Å²) in [6.07, 6.45) is 0.0741. The second-order valence-corrected chi connectivity index (χ2v) is 6.15.